The van der Waals surface area contributed by atoms with Gasteiger partial charge < -0.3 is 9.30 Å². The van der Waals surface area contributed by atoms with Crippen LogP contribution in [0.15, 0.2) is 42.6 Å². The van der Waals surface area contributed by atoms with Crippen LogP contribution in [0.2, 0.25) is 0 Å². The van der Waals surface area contributed by atoms with E-state index >= 15 is 0 Å². The van der Waals surface area contributed by atoms with Crippen LogP contribution in [-0.4, -0.2) is 13.9 Å². The Labute approximate surface area is 184 Å². The molecule has 7 heteroatoms. The molecule has 5 nitrogen and oxygen atoms in total. The number of nitrogens with zero attached hydrogens (tertiary/aromatic N) is 3. The van der Waals surface area contributed by atoms with Crippen molar-refractivity contribution in [3.8, 4) is 22.3 Å². The molecule has 4 rings (SSSR count). The first-order valence-electron chi connectivity index (χ1n) is 9.79. The van der Waals surface area contributed by atoms with Gasteiger partial charge in [-0.05, 0) is 56.9 Å². The van der Waals surface area contributed by atoms with Gasteiger partial charge in [-0.3, -0.25) is 5.41 Å². The molecule has 30 heavy (non-hydrogen) atoms. The molecule has 0 aliphatic carbocycles. The first-order valence-corrected chi connectivity index (χ1v) is 11.4. The fraction of sp³-hybridized carbons (Fsp3) is 0.261. The smallest absolute Gasteiger partial charge is 0.299 e. The molecular weight excluding hydrogens is 412 g/mol. The molecule has 2 heterocycles. The number of hydrogen-bond donors (Lipinski definition) is 1. The van der Waals surface area contributed by atoms with E-state index in [1.165, 1.54) is 44.4 Å². The summed E-state index contributed by atoms with van der Waals surface area (Å²) in [5.74, 6) is 1.50. The highest BCUT2D eigenvalue weighted by Gasteiger charge is 2.12. The van der Waals surface area contributed by atoms with E-state index in [1.807, 2.05) is 29.8 Å². The number of ether oxygens (including phenoxy) is 1. The first kappa shape index (κ1) is 20.5. The second-order valence-electron chi connectivity index (χ2n) is 7.49. The maximum atomic E-state index is 8.04. The highest BCUT2D eigenvalue weighted by molar-refractivity contribution is 7.09. The van der Waals surface area contributed by atoms with Gasteiger partial charge in [0.1, 0.15) is 5.75 Å². The second-order valence-corrected chi connectivity index (χ2v) is 9.44. The van der Waals surface area contributed by atoms with Crippen LogP contribution in [0.5, 0.6) is 10.9 Å². The average Bonchev–Trinajstić information content (AvgIpc) is 3.29. The van der Waals surface area contributed by atoms with E-state index in [0.29, 0.717) is 15.8 Å². The van der Waals surface area contributed by atoms with Crippen molar-refractivity contribution >= 4 is 22.9 Å². The molecule has 0 saturated carbocycles. The van der Waals surface area contributed by atoms with E-state index in [9.17, 15) is 0 Å². The summed E-state index contributed by atoms with van der Waals surface area (Å²) in [5.41, 5.74) is 5.72. The van der Waals surface area contributed by atoms with Crippen LogP contribution in [0.25, 0.3) is 11.4 Å². The van der Waals surface area contributed by atoms with Crippen molar-refractivity contribution in [3.05, 3.63) is 74.5 Å². The van der Waals surface area contributed by atoms with Crippen molar-refractivity contribution in [3.63, 3.8) is 0 Å². The first-order chi connectivity index (χ1) is 14.4. The number of nitrogens with one attached hydrogen (secondary N) is 1. The Morgan fingerprint density at radius 3 is 2.50 bits per heavy atom. The van der Waals surface area contributed by atoms with E-state index in [-0.39, 0.29) is 0 Å². The van der Waals surface area contributed by atoms with Crippen LogP contribution in [0.4, 0.5) is 0 Å². The van der Waals surface area contributed by atoms with Crippen molar-refractivity contribution < 1.29 is 4.74 Å². The highest BCUT2D eigenvalue weighted by atomic mass is 32.1. The van der Waals surface area contributed by atoms with E-state index in [0.717, 1.165) is 29.8 Å². The van der Waals surface area contributed by atoms with Gasteiger partial charge in [0.05, 0.1) is 0 Å². The Morgan fingerprint density at radius 1 is 1.03 bits per heavy atom. The average molecular weight is 437 g/mol. The van der Waals surface area contributed by atoms with Crippen molar-refractivity contribution in [2.75, 3.05) is 0 Å². The zero-order chi connectivity index (χ0) is 21.3. The molecule has 0 radical (unpaired) electrons. The molecule has 0 spiro atoms. The number of hydrogen-bond acceptors (Lipinski definition) is 6. The largest absolute Gasteiger partial charge is 0.430 e. The monoisotopic (exact) mass is 436 g/mol. The Hall–Kier alpha value is -2.77. The number of aryl methyl sites for hydroxylation is 6. The SMILES string of the molecule is Cc1ccc(-c2nsc(Oc3cc(C)c(CCn4cc(C)sc4=N)cc3C)n2)cc1. The summed E-state index contributed by atoms with van der Waals surface area (Å²) >= 11 is 2.78. The number of rotatable bonds is 6. The van der Waals surface area contributed by atoms with Crippen LogP contribution in [0.1, 0.15) is 27.1 Å². The summed E-state index contributed by atoms with van der Waals surface area (Å²) in [4.78, 5) is 6.31. The zero-order valence-electron chi connectivity index (χ0n) is 17.5. The maximum Gasteiger partial charge on any atom is 0.299 e. The molecule has 0 amide bonds. The molecule has 0 aliphatic heterocycles. The van der Waals surface area contributed by atoms with Gasteiger partial charge in [-0.2, -0.15) is 9.36 Å². The third-order valence-corrected chi connectivity index (χ3v) is 6.48. The fourth-order valence-electron chi connectivity index (χ4n) is 3.32. The third kappa shape index (κ3) is 4.52. The van der Waals surface area contributed by atoms with E-state index in [1.54, 1.807) is 0 Å². The van der Waals surface area contributed by atoms with Crippen molar-refractivity contribution in [1.82, 2.24) is 13.9 Å². The van der Waals surface area contributed by atoms with Crippen molar-refractivity contribution in [2.45, 2.75) is 40.7 Å². The number of thiazole rings is 1. The van der Waals surface area contributed by atoms with Gasteiger partial charge in [-0.25, -0.2) is 0 Å². The summed E-state index contributed by atoms with van der Waals surface area (Å²) in [5, 5.41) is 8.58. The number of benzene rings is 2. The summed E-state index contributed by atoms with van der Waals surface area (Å²) in [6, 6.07) is 12.4. The van der Waals surface area contributed by atoms with E-state index in [2.05, 4.69) is 54.4 Å². The van der Waals surface area contributed by atoms with Gasteiger partial charge in [0.2, 0.25) is 0 Å². The molecule has 0 bridgehead atoms. The molecule has 154 valence electrons. The Kier molecular flexibility index (Phi) is 5.83. The minimum absolute atomic E-state index is 0.545. The third-order valence-electron chi connectivity index (χ3n) is 5.03. The van der Waals surface area contributed by atoms with E-state index in [4.69, 9.17) is 10.1 Å². The Balaban J connectivity index is 1.49. The van der Waals surface area contributed by atoms with Crippen molar-refractivity contribution in [2.24, 2.45) is 0 Å². The standard InChI is InChI=1S/C23H24N4OS2/c1-14-5-7-18(8-6-14)21-25-23(30-26-21)28-20-12-15(2)19(11-16(20)3)9-10-27-13-17(4)29-22(27)24/h5-8,11-13,24H,9-10H2,1-4H3. The van der Waals surface area contributed by atoms with Crippen molar-refractivity contribution in [1.29, 1.82) is 5.41 Å². The normalized spacial score (nSPS) is 11.1. The lowest BCUT2D eigenvalue weighted by atomic mass is 10.0. The van der Waals surface area contributed by atoms with Gasteiger partial charge in [0, 0.05) is 34.7 Å². The lowest BCUT2D eigenvalue weighted by Crippen LogP contribution is -2.14. The predicted octanol–water partition coefficient (Wildman–Crippen LogP) is 5.82. The molecule has 2 aromatic heterocycles. The molecule has 2 aromatic carbocycles. The predicted molar refractivity (Wildman–Crippen MR) is 123 cm³/mol. The Morgan fingerprint density at radius 2 is 1.80 bits per heavy atom. The molecular formula is C23H24N4OS2. The van der Waals surface area contributed by atoms with E-state index < -0.39 is 0 Å². The molecule has 4 aromatic rings. The zero-order valence-corrected chi connectivity index (χ0v) is 19.2. The van der Waals surface area contributed by atoms with Gasteiger partial charge in [0.25, 0.3) is 5.19 Å². The molecule has 0 atom stereocenters. The summed E-state index contributed by atoms with van der Waals surface area (Å²) < 4.78 is 12.5. The minimum atomic E-state index is 0.545. The van der Waals surface area contributed by atoms with Gasteiger partial charge in [0.15, 0.2) is 10.6 Å². The summed E-state index contributed by atoms with van der Waals surface area (Å²) in [6.07, 6.45) is 2.93. The molecule has 1 N–H and O–H groups in total. The molecule has 0 aliphatic rings. The van der Waals surface area contributed by atoms with Crippen LogP contribution < -0.4 is 9.54 Å². The quantitative estimate of drug-likeness (QED) is 0.414. The summed E-state index contributed by atoms with van der Waals surface area (Å²) in [7, 11) is 0. The van der Waals surface area contributed by atoms with Crippen LogP contribution in [0.3, 0.4) is 0 Å². The number of aromatic nitrogens is 3. The van der Waals surface area contributed by atoms with Crippen LogP contribution in [-0.2, 0) is 13.0 Å². The molecule has 0 saturated heterocycles. The van der Waals surface area contributed by atoms with Gasteiger partial charge in [-0.15, -0.1) is 11.3 Å². The van der Waals surface area contributed by atoms with Crippen LogP contribution in [0, 0.1) is 33.1 Å². The highest BCUT2D eigenvalue weighted by Crippen LogP contribution is 2.31. The Bertz CT molecular complexity index is 1240. The lowest BCUT2D eigenvalue weighted by Gasteiger charge is -2.12. The van der Waals surface area contributed by atoms with Gasteiger partial charge in [-0.1, -0.05) is 35.9 Å². The minimum Gasteiger partial charge on any atom is -0.430 e. The molecule has 0 fully saturated rings. The topological polar surface area (TPSA) is 63.8 Å². The van der Waals surface area contributed by atoms with Gasteiger partial charge >= 0.3 is 0 Å². The summed E-state index contributed by atoms with van der Waals surface area (Å²) in [6.45, 7) is 9.06. The second kappa shape index (κ2) is 8.53. The lowest BCUT2D eigenvalue weighted by molar-refractivity contribution is 0.475. The maximum absolute atomic E-state index is 8.04. The molecule has 0 unspecified atom stereocenters. The van der Waals surface area contributed by atoms with Crippen LogP contribution >= 0.6 is 22.9 Å². The fourth-order valence-corrected chi connectivity index (χ4v) is 4.63.